The summed E-state index contributed by atoms with van der Waals surface area (Å²) in [6, 6.07) is 0. The number of rotatable bonds is 11. The summed E-state index contributed by atoms with van der Waals surface area (Å²) in [5.41, 5.74) is 0. The second-order valence-corrected chi connectivity index (χ2v) is 3.86. The van der Waals surface area contributed by atoms with E-state index in [9.17, 15) is 0 Å². The molecule has 0 spiro atoms. The molecule has 132 valence electrons. The fraction of sp³-hybridized carbons (Fsp3) is 1.00. The van der Waals surface area contributed by atoms with E-state index in [0.29, 0.717) is 26.4 Å². The number of unbranched alkanes of at least 4 members (excludes halogenated alkanes) is 1. The molecule has 0 heterocycles. The zero-order chi connectivity index (χ0) is 16.8. The lowest BCUT2D eigenvalue weighted by Crippen LogP contribution is -2.09. The Balaban J connectivity index is -0.000000252. The van der Waals surface area contributed by atoms with Crippen LogP contribution in [0.25, 0.3) is 0 Å². The van der Waals surface area contributed by atoms with Crippen molar-refractivity contribution >= 4 is 0 Å². The minimum absolute atomic E-state index is 0.0417. The number of hydrogen-bond donors (Lipinski definition) is 6. The molecule has 8 nitrogen and oxygen atoms in total. The molecule has 0 aliphatic rings. The van der Waals surface area contributed by atoms with Crippen molar-refractivity contribution in [3.05, 3.63) is 0 Å². The van der Waals surface area contributed by atoms with Crippen LogP contribution >= 0.6 is 0 Å². The summed E-state index contributed by atoms with van der Waals surface area (Å²) < 4.78 is 9.75. The van der Waals surface area contributed by atoms with Crippen LogP contribution in [0.15, 0.2) is 0 Å². The second-order valence-electron chi connectivity index (χ2n) is 3.86. The van der Waals surface area contributed by atoms with Crippen molar-refractivity contribution in [1.82, 2.24) is 0 Å². The van der Waals surface area contributed by atoms with Crippen LogP contribution in [0.2, 0.25) is 0 Å². The number of ether oxygens (including phenoxy) is 2. The van der Waals surface area contributed by atoms with Crippen molar-refractivity contribution in [2.45, 2.75) is 25.9 Å². The molecule has 0 bridgehead atoms. The Morgan fingerprint density at radius 2 is 1.00 bits per heavy atom. The van der Waals surface area contributed by atoms with E-state index >= 15 is 0 Å². The van der Waals surface area contributed by atoms with Gasteiger partial charge in [0.15, 0.2) is 0 Å². The molecular formula is C13H32O8. The summed E-state index contributed by atoms with van der Waals surface area (Å²) in [6.45, 7) is 3.51. The Hall–Kier alpha value is -0.320. The summed E-state index contributed by atoms with van der Waals surface area (Å²) >= 11 is 0. The van der Waals surface area contributed by atoms with Gasteiger partial charge in [0.2, 0.25) is 0 Å². The number of hydrogen-bond acceptors (Lipinski definition) is 8. The third-order valence-electron chi connectivity index (χ3n) is 1.67. The lowest BCUT2D eigenvalue weighted by atomic mass is 10.3. The maximum Gasteiger partial charge on any atom is 0.0742 e. The van der Waals surface area contributed by atoms with Crippen molar-refractivity contribution in [2.24, 2.45) is 0 Å². The van der Waals surface area contributed by atoms with Gasteiger partial charge in [-0.25, -0.2) is 0 Å². The van der Waals surface area contributed by atoms with E-state index in [4.69, 9.17) is 40.1 Å². The zero-order valence-electron chi connectivity index (χ0n) is 12.9. The minimum Gasteiger partial charge on any atom is -0.396 e. The van der Waals surface area contributed by atoms with E-state index < -0.39 is 6.10 Å². The number of aliphatic hydroxyl groups excluding tert-OH is 6. The molecule has 1 atom stereocenters. The Kier molecular flexibility index (Phi) is 34.1. The number of aliphatic hydroxyl groups is 6. The molecule has 0 saturated heterocycles. The van der Waals surface area contributed by atoms with E-state index in [2.05, 4.69) is 0 Å². The van der Waals surface area contributed by atoms with Gasteiger partial charge in [-0.3, -0.25) is 0 Å². The first-order valence-corrected chi connectivity index (χ1v) is 6.98. The third-order valence-corrected chi connectivity index (χ3v) is 1.67. The first-order chi connectivity index (χ1) is 10.1. The van der Waals surface area contributed by atoms with Gasteiger partial charge in [-0.15, -0.1) is 0 Å². The summed E-state index contributed by atoms with van der Waals surface area (Å²) in [7, 11) is 0. The van der Waals surface area contributed by atoms with Crippen LogP contribution in [0.4, 0.5) is 0 Å². The Labute approximate surface area is 126 Å². The van der Waals surface area contributed by atoms with Gasteiger partial charge in [0.05, 0.1) is 52.4 Å². The van der Waals surface area contributed by atoms with Gasteiger partial charge in [-0.1, -0.05) is 0 Å². The minimum atomic E-state index is -0.560. The van der Waals surface area contributed by atoms with Crippen molar-refractivity contribution < 1.29 is 40.1 Å². The van der Waals surface area contributed by atoms with E-state index in [1.54, 1.807) is 0 Å². The third kappa shape index (κ3) is 45.1. The van der Waals surface area contributed by atoms with Crippen LogP contribution in [0, 0.1) is 0 Å². The first kappa shape index (κ1) is 25.6. The van der Waals surface area contributed by atoms with Crippen LogP contribution < -0.4 is 0 Å². The molecule has 0 aromatic rings. The fourth-order valence-electron chi connectivity index (χ4n) is 0.675. The summed E-state index contributed by atoms with van der Waals surface area (Å²) in [5.74, 6) is 0. The predicted molar refractivity (Wildman–Crippen MR) is 78.0 cm³/mol. The van der Waals surface area contributed by atoms with Gasteiger partial charge >= 0.3 is 0 Å². The maximum absolute atomic E-state index is 8.26. The van der Waals surface area contributed by atoms with Gasteiger partial charge in [0, 0.05) is 13.2 Å². The molecule has 8 heteroatoms. The lowest BCUT2D eigenvalue weighted by Gasteiger charge is -2.01. The van der Waals surface area contributed by atoms with Crippen molar-refractivity contribution in [3.63, 3.8) is 0 Å². The smallest absolute Gasteiger partial charge is 0.0742 e. The monoisotopic (exact) mass is 316 g/mol. The maximum atomic E-state index is 8.26. The normalized spacial score (nSPS) is 11.0. The molecule has 0 radical (unpaired) electrons. The zero-order valence-corrected chi connectivity index (χ0v) is 12.9. The first-order valence-electron chi connectivity index (χ1n) is 6.98. The highest BCUT2D eigenvalue weighted by atomic mass is 16.5. The molecule has 0 fully saturated rings. The largest absolute Gasteiger partial charge is 0.396 e. The Morgan fingerprint density at radius 3 is 1.19 bits per heavy atom. The average molecular weight is 316 g/mol. The molecule has 0 aromatic heterocycles. The van der Waals surface area contributed by atoms with Crippen molar-refractivity contribution in [2.75, 3.05) is 59.5 Å². The van der Waals surface area contributed by atoms with Gasteiger partial charge in [0.1, 0.15) is 0 Å². The molecule has 0 aliphatic heterocycles. The van der Waals surface area contributed by atoms with Gasteiger partial charge in [-0.05, 0) is 19.8 Å². The van der Waals surface area contributed by atoms with Crippen LogP contribution in [0.5, 0.6) is 0 Å². The fourth-order valence-corrected chi connectivity index (χ4v) is 0.675. The lowest BCUT2D eigenvalue weighted by molar-refractivity contribution is 0.0222. The highest BCUT2D eigenvalue weighted by Gasteiger charge is 1.86. The molecule has 0 aromatic carbocycles. The SMILES string of the molecule is CC(O)CO.OCCCCO.OCCOCCOCCO. The molecule has 21 heavy (non-hydrogen) atoms. The molecule has 0 rings (SSSR count). The molecule has 0 aliphatic carbocycles. The van der Waals surface area contributed by atoms with Crippen LogP contribution in [-0.4, -0.2) is 96.2 Å². The van der Waals surface area contributed by atoms with Gasteiger partial charge < -0.3 is 40.1 Å². The average Bonchev–Trinajstić information content (AvgIpc) is 2.50. The van der Waals surface area contributed by atoms with Crippen LogP contribution in [0.3, 0.4) is 0 Å². The van der Waals surface area contributed by atoms with E-state index in [-0.39, 0.29) is 33.0 Å². The predicted octanol–water partition coefficient (Wildman–Crippen LogP) is -1.89. The van der Waals surface area contributed by atoms with E-state index in [0.717, 1.165) is 12.8 Å². The van der Waals surface area contributed by atoms with Gasteiger partial charge in [0.25, 0.3) is 0 Å². The summed E-state index contributed by atoms with van der Waals surface area (Å²) in [4.78, 5) is 0. The van der Waals surface area contributed by atoms with E-state index in [1.807, 2.05) is 0 Å². The van der Waals surface area contributed by atoms with Crippen LogP contribution in [-0.2, 0) is 9.47 Å². The Bertz CT molecular complexity index is 134. The molecular weight excluding hydrogens is 284 g/mol. The Morgan fingerprint density at radius 1 is 0.667 bits per heavy atom. The summed E-state index contributed by atoms with van der Waals surface area (Å²) in [6.07, 6.45) is 0.877. The van der Waals surface area contributed by atoms with Crippen molar-refractivity contribution in [3.8, 4) is 0 Å². The molecule has 6 N–H and O–H groups in total. The topological polar surface area (TPSA) is 140 Å². The standard InChI is InChI=1S/C6H14O4.C4H10O2.C3H8O2/c7-1-3-9-5-6-10-4-2-8;5-3-1-2-4-6;1-3(5)2-4/h7-8H,1-6H2;5-6H,1-4H2;3-5H,2H2,1H3. The van der Waals surface area contributed by atoms with Crippen LogP contribution in [0.1, 0.15) is 19.8 Å². The van der Waals surface area contributed by atoms with Crippen molar-refractivity contribution in [1.29, 1.82) is 0 Å². The quantitative estimate of drug-likeness (QED) is 0.243. The van der Waals surface area contributed by atoms with E-state index in [1.165, 1.54) is 6.92 Å². The highest BCUT2D eigenvalue weighted by molar-refractivity contribution is 4.34. The molecule has 0 saturated carbocycles. The molecule has 1 unspecified atom stereocenters. The second kappa shape index (κ2) is 27.9. The summed E-state index contributed by atoms with van der Waals surface area (Å²) in [5, 5.41) is 48.7. The molecule has 0 amide bonds. The van der Waals surface area contributed by atoms with Gasteiger partial charge in [-0.2, -0.15) is 0 Å². The highest BCUT2D eigenvalue weighted by Crippen LogP contribution is 1.80.